The molecule has 0 radical (unpaired) electrons. The van der Waals surface area contributed by atoms with Gasteiger partial charge in [-0.15, -0.1) is 0 Å². The fourth-order valence-corrected chi connectivity index (χ4v) is 2.26. The first-order chi connectivity index (χ1) is 9.24. The molecule has 0 spiro atoms. The minimum Gasteiger partial charge on any atom is -0.493 e. The Morgan fingerprint density at radius 1 is 1.37 bits per heavy atom. The van der Waals surface area contributed by atoms with Crippen molar-refractivity contribution in [1.29, 1.82) is 0 Å². The Morgan fingerprint density at radius 2 is 2.16 bits per heavy atom. The zero-order valence-electron chi connectivity index (χ0n) is 12.3. The Hall–Kier alpha value is -1.02. The Bertz CT molecular complexity index is 398. The molecule has 0 bridgehead atoms. The summed E-state index contributed by atoms with van der Waals surface area (Å²) in [6.45, 7) is 6.16. The molecule has 0 amide bonds. The summed E-state index contributed by atoms with van der Waals surface area (Å²) in [5.74, 6) is 2.50. The lowest BCUT2D eigenvalue weighted by Crippen LogP contribution is -2.05. The highest BCUT2D eigenvalue weighted by Crippen LogP contribution is 2.32. The molecule has 19 heavy (non-hydrogen) atoms. The summed E-state index contributed by atoms with van der Waals surface area (Å²) in [4.78, 5) is 0. The molecule has 1 aliphatic rings. The second kappa shape index (κ2) is 6.95. The summed E-state index contributed by atoms with van der Waals surface area (Å²) >= 11 is 0. The Labute approximate surface area is 117 Å². The van der Waals surface area contributed by atoms with Gasteiger partial charge in [0, 0.05) is 0 Å². The van der Waals surface area contributed by atoms with Gasteiger partial charge < -0.3 is 10.5 Å². The van der Waals surface area contributed by atoms with Gasteiger partial charge in [-0.1, -0.05) is 26.0 Å². The van der Waals surface area contributed by atoms with E-state index in [2.05, 4.69) is 32.0 Å². The van der Waals surface area contributed by atoms with E-state index in [4.69, 9.17) is 10.5 Å². The fourth-order valence-electron chi connectivity index (χ4n) is 2.26. The maximum atomic E-state index is 5.99. The lowest BCUT2D eigenvalue weighted by Gasteiger charge is -2.15. The topological polar surface area (TPSA) is 35.2 Å². The summed E-state index contributed by atoms with van der Waals surface area (Å²) in [6.07, 6.45) is 5.91. The first kappa shape index (κ1) is 14.4. The molecule has 2 rings (SSSR count). The van der Waals surface area contributed by atoms with Gasteiger partial charge in [-0.05, 0) is 67.7 Å². The molecular formula is C17H27NO. The van der Waals surface area contributed by atoms with Crippen molar-refractivity contribution in [1.82, 2.24) is 0 Å². The van der Waals surface area contributed by atoms with Crippen molar-refractivity contribution < 1.29 is 4.74 Å². The normalized spacial score (nSPS) is 16.4. The number of hydrogen-bond donors (Lipinski definition) is 1. The van der Waals surface area contributed by atoms with Gasteiger partial charge in [0.2, 0.25) is 0 Å². The highest BCUT2D eigenvalue weighted by Gasteiger charge is 2.22. The van der Waals surface area contributed by atoms with Crippen molar-refractivity contribution in [2.45, 2.75) is 51.9 Å². The third-order valence-electron chi connectivity index (χ3n) is 4.09. The molecule has 106 valence electrons. The zero-order chi connectivity index (χ0) is 13.7. The summed E-state index contributed by atoms with van der Waals surface area (Å²) in [6, 6.07) is 6.71. The van der Waals surface area contributed by atoms with Gasteiger partial charge in [-0.3, -0.25) is 0 Å². The number of nitrogens with two attached hydrogens (primary N) is 1. The lowest BCUT2D eigenvalue weighted by molar-refractivity contribution is 0.296. The van der Waals surface area contributed by atoms with Crippen LogP contribution in [0.15, 0.2) is 18.2 Å². The van der Waals surface area contributed by atoms with Crippen molar-refractivity contribution in [2.75, 3.05) is 13.2 Å². The smallest absolute Gasteiger partial charge is 0.122 e. The fraction of sp³-hybridized carbons (Fsp3) is 0.647. The van der Waals surface area contributed by atoms with E-state index >= 15 is 0 Å². The van der Waals surface area contributed by atoms with Gasteiger partial charge in [0.15, 0.2) is 0 Å². The van der Waals surface area contributed by atoms with E-state index in [9.17, 15) is 0 Å². The molecule has 1 unspecified atom stereocenters. The van der Waals surface area contributed by atoms with Crippen molar-refractivity contribution >= 4 is 0 Å². The second-order valence-electron chi connectivity index (χ2n) is 5.82. The van der Waals surface area contributed by atoms with Crippen LogP contribution in [-0.2, 0) is 6.42 Å². The van der Waals surface area contributed by atoms with Crippen molar-refractivity contribution in [3.8, 4) is 5.75 Å². The molecular weight excluding hydrogens is 234 g/mol. The highest BCUT2D eigenvalue weighted by atomic mass is 16.5. The van der Waals surface area contributed by atoms with Crippen molar-refractivity contribution in [2.24, 2.45) is 11.7 Å². The third-order valence-corrected chi connectivity index (χ3v) is 4.09. The first-order valence-electron chi connectivity index (χ1n) is 7.70. The molecule has 1 aliphatic carbocycles. The molecule has 2 heteroatoms. The summed E-state index contributed by atoms with van der Waals surface area (Å²) in [5, 5.41) is 0. The van der Waals surface area contributed by atoms with E-state index in [-0.39, 0.29) is 0 Å². The molecule has 0 aromatic heterocycles. The summed E-state index contributed by atoms with van der Waals surface area (Å²) < 4.78 is 5.99. The van der Waals surface area contributed by atoms with E-state index in [0.717, 1.165) is 37.7 Å². The minimum absolute atomic E-state index is 0.620. The van der Waals surface area contributed by atoms with Crippen LogP contribution in [0, 0.1) is 5.92 Å². The van der Waals surface area contributed by atoms with E-state index < -0.39 is 0 Å². The molecule has 1 saturated carbocycles. The average molecular weight is 261 g/mol. The maximum absolute atomic E-state index is 5.99. The average Bonchev–Trinajstić information content (AvgIpc) is 3.26. The summed E-state index contributed by atoms with van der Waals surface area (Å²) in [5.41, 5.74) is 8.40. The van der Waals surface area contributed by atoms with Gasteiger partial charge in [0.25, 0.3) is 0 Å². The standard InChI is InChI=1S/C17H27NO/c1-3-13(2)15-8-9-17(19-12-14-6-7-14)16(11-15)5-4-10-18/h8-9,11,13-14H,3-7,10,12,18H2,1-2H3. The van der Waals surface area contributed by atoms with E-state index in [1.54, 1.807) is 0 Å². The molecule has 0 heterocycles. The van der Waals surface area contributed by atoms with Crippen LogP contribution in [0.3, 0.4) is 0 Å². The lowest BCUT2D eigenvalue weighted by atomic mass is 9.95. The molecule has 1 atom stereocenters. The van der Waals surface area contributed by atoms with Crippen LogP contribution in [0.2, 0.25) is 0 Å². The van der Waals surface area contributed by atoms with Gasteiger partial charge in [0.05, 0.1) is 6.61 Å². The van der Waals surface area contributed by atoms with Gasteiger partial charge >= 0.3 is 0 Å². The number of ether oxygens (including phenoxy) is 1. The van der Waals surface area contributed by atoms with Crippen LogP contribution in [0.25, 0.3) is 0 Å². The van der Waals surface area contributed by atoms with E-state index in [0.29, 0.717) is 5.92 Å². The minimum atomic E-state index is 0.620. The number of aryl methyl sites for hydroxylation is 1. The van der Waals surface area contributed by atoms with Crippen LogP contribution in [0.4, 0.5) is 0 Å². The van der Waals surface area contributed by atoms with Crippen LogP contribution < -0.4 is 10.5 Å². The van der Waals surface area contributed by atoms with Gasteiger partial charge in [-0.25, -0.2) is 0 Å². The van der Waals surface area contributed by atoms with Gasteiger partial charge in [-0.2, -0.15) is 0 Å². The number of hydrogen-bond acceptors (Lipinski definition) is 2. The Morgan fingerprint density at radius 3 is 2.79 bits per heavy atom. The number of rotatable bonds is 8. The largest absolute Gasteiger partial charge is 0.493 e. The predicted octanol–water partition coefficient (Wildman–Crippen LogP) is 3.88. The van der Waals surface area contributed by atoms with Crippen LogP contribution in [0.5, 0.6) is 5.75 Å². The van der Waals surface area contributed by atoms with Crippen molar-refractivity contribution in [3.63, 3.8) is 0 Å². The quantitative estimate of drug-likeness (QED) is 0.770. The molecule has 1 aromatic carbocycles. The molecule has 1 fully saturated rings. The Balaban J connectivity index is 2.09. The molecule has 2 N–H and O–H groups in total. The SMILES string of the molecule is CCC(C)c1ccc(OCC2CC2)c(CCCN)c1. The third kappa shape index (κ3) is 4.24. The number of benzene rings is 1. The van der Waals surface area contributed by atoms with Crippen LogP contribution in [0.1, 0.15) is 56.6 Å². The molecule has 2 nitrogen and oxygen atoms in total. The maximum Gasteiger partial charge on any atom is 0.122 e. The van der Waals surface area contributed by atoms with Crippen LogP contribution in [-0.4, -0.2) is 13.2 Å². The first-order valence-corrected chi connectivity index (χ1v) is 7.70. The summed E-state index contributed by atoms with van der Waals surface area (Å²) in [7, 11) is 0. The van der Waals surface area contributed by atoms with E-state index in [1.807, 2.05) is 0 Å². The Kier molecular flexibility index (Phi) is 5.26. The zero-order valence-corrected chi connectivity index (χ0v) is 12.3. The second-order valence-corrected chi connectivity index (χ2v) is 5.82. The van der Waals surface area contributed by atoms with Crippen molar-refractivity contribution in [3.05, 3.63) is 29.3 Å². The highest BCUT2D eigenvalue weighted by molar-refractivity contribution is 5.38. The molecule has 0 aliphatic heterocycles. The van der Waals surface area contributed by atoms with Crippen LogP contribution >= 0.6 is 0 Å². The van der Waals surface area contributed by atoms with Gasteiger partial charge in [0.1, 0.15) is 5.75 Å². The predicted molar refractivity (Wildman–Crippen MR) is 80.7 cm³/mol. The molecule has 0 saturated heterocycles. The monoisotopic (exact) mass is 261 g/mol. The van der Waals surface area contributed by atoms with E-state index in [1.165, 1.54) is 30.4 Å². The molecule has 1 aromatic rings.